The van der Waals surface area contributed by atoms with Gasteiger partial charge in [0, 0.05) is 72.1 Å². The van der Waals surface area contributed by atoms with Gasteiger partial charge < -0.3 is 26.0 Å². The van der Waals surface area contributed by atoms with Gasteiger partial charge in [-0.1, -0.05) is 77.8 Å². The summed E-state index contributed by atoms with van der Waals surface area (Å²) in [6.45, 7) is 2.67. The highest BCUT2D eigenvalue weighted by molar-refractivity contribution is 6.39. The van der Waals surface area contributed by atoms with Crippen LogP contribution in [0.2, 0.25) is 10.0 Å². The van der Waals surface area contributed by atoms with E-state index in [1.165, 1.54) is 0 Å². The monoisotopic (exact) mass is 629 g/mol. The number of hydrogen-bond donors (Lipinski definition) is 4. The Morgan fingerprint density at radius 3 is 2.25 bits per heavy atom. The Kier molecular flexibility index (Phi) is 9.14. The van der Waals surface area contributed by atoms with Gasteiger partial charge in [-0.05, 0) is 30.2 Å². The van der Waals surface area contributed by atoms with Gasteiger partial charge in [0.2, 0.25) is 17.7 Å². The molecule has 2 aliphatic rings. The zero-order chi connectivity index (χ0) is 30.6. The minimum absolute atomic E-state index is 0.0191. The SMILES string of the molecule is COc1nc(-c2cccc(-c3cccc(-c4ccc(NC(=O)C5CNC5)cc4)c3Cl)c2Cl)ccc1CNC[C@@H]1CCC(=O)N1. The second-order valence-corrected chi connectivity index (χ2v) is 11.8. The van der Waals surface area contributed by atoms with Crippen molar-refractivity contribution in [2.45, 2.75) is 25.4 Å². The number of halogens is 2. The van der Waals surface area contributed by atoms with Crippen molar-refractivity contribution in [1.82, 2.24) is 20.9 Å². The Labute approximate surface area is 266 Å². The molecule has 0 bridgehead atoms. The molecule has 0 spiro atoms. The topological polar surface area (TPSA) is 104 Å². The fraction of sp³-hybridized carbons (Fsp3) is 0.265. The molecule has 0 saturated carbocycles. The van der Waals surface area contributed by atoms with Crippen LogP contribution in [0.3, 0.4) is 0 Å². The molecule has 2 fully saturated rings. The number of benzene rings is 3. The molecule has 1 aromatic heterocycles. The highest BCUT2D eigenvalue weighted by Gasteiger charge is 2.25. The zero-order valence-electron chi connectivity index (χ0n) is 24.3. The summed E-state index contributed by atoms with van der Waals surface area (Å²) in [5.74, 6) is 0.659. The quantitative estimate of drug-likeness (QED) is 0.173. The molecule has 44 heavy (non-hydrogen) atoms. The molecule has 4 N–H and O–H groups in total. The van der Waals surface area contributed by atoms with Crippen LogP contribution in [0.4, 0.5) is 5.69 Å². The number of anilines is 1. The Bertz CT molecular complexity index is 1690. The Morgan fingerprint density at radius 1 is 0.932 bits per heavy atom. The van der Waals surface area contributed by atoms with Crippen molar-refractivity contribution >= 4 is 40.7 Å². The van der Waals surface area contributed by atoms with Crippen LogP contribution in [0.5, 0.6) is 5.88 Å². The molecule has 226 valence electrons. The van der Waals surface area contributed by atoms with Crippen molar-refractivity contribution in [3.63, 3.8) is 0 Å². The van der Waals surface area contributed by atoms with Gasteiger partial charge in [-0.3, -0.25) is 9.59 Å². The summed E-state index contributed by atoms with van der Waals surface area (Å²) in [5.41, 5.74) is 6.49. The molecule has 8 nitrogen and oxygen atoms in total. The van der Waals surface area contributed by atoms with E-state index < -0.39 is 0 Å². The average molecular weight is 631 g/mol. The summed E-state index contributed by atoms with van der Waals surface area (Å²) in [6.07, 6.45) is 1.42. The molecule has 3 aromatic carbocycles. The first-order valence-corrected chi connectivity index (χ1v) is 15.4. The van der Waals surface area contributed by atoms with E-state index >= 15 is 0 Å². The van der Waals surface area contributed by atoms with Crippen LogP contribution in [0, 0.1) is 5.92 Å². The van der Waals surface area contributed by atoms with E-state index in [0.29, 0.717) is 54.2 Å². The number of hydrogen-bond acceptors (Lipinski definition) is 6. The molecule has 1 atom stereocenters. The number of carbonyl (C=O) groups is 2. The predicted molar refractivity (Wildman–Crippen MR) is 175 cm³/mol. The normalized spacial score (nSPS) is 16.3. The third-order valence-corrected chi connectivity index (χ3v) is 8.92. The smallest absolute Gasteiger partial charge is 0.230 e. The third-order valence-electron chi connectivity index (χ3n) is 8.10. The van der Waals surface area contributed by atoms with E-state index in [1.807, 2.05) is 72.8 Å². The van der Waals surface area contributed by atoms with Crippen molar-refractivity contribution in [2.75, 3.05) is 32.1 Å². The van der Waals surface area contributed by atoms with E-state index in [9.17, 15) is 9.59 Å². The van der Waals surface area contributed by atoms with E-state index in [1.54, 1.807) is 7.11 Å². The summed E-state index contributed by atoms with van der Waals surface area (Å²) < 4.78 is 5.62. The maximum Gasteiger partial charge on any atom is 0.230 e. The lowest BCUT2D eigenvalue weighted by molar-refractivity contribution is -0.121. The summed E-state index contributed by atoms with van der Waals surface area (Å²) in [7, 11) is 1.60. The van der Waals surface area contributed by atoms with Crippen LogP contribution < -0.4 is 26.0 Å². The van der Waals surface area contributed by atoms with Crippen LogP contribution >= 0.6 is 23.2 Å². The predicted octanol–water partition coefficient (Wildman–Crippen LogP) is 5.92. The van der Waals surface area contributed by atoms with Gasteiger partial charge in [-0.25, -0.2) is 4.98 Å². The Hall–Kier alpha value is -3.95. The number of carbonyl (C=O) groups excluding carboxylic acids is 2. The molecule has 0 radical (unpaired) electrons. The van der Waals surface area contributed by atoms with Gasteiger partial charge in [0.1, 0.15) is 0 Å². The minimum atomic E-state index is 0.0191. The van der Waals surface area contributed by atoms with Gasteiger partial charge in [0.25, 0.3) is 0 Å². The van der Waals surface area contributed by atoms with E-state index in [-0.39, 0.29) is 23.8 Å². The fourth-order valence-electron chi connectivity index (χ4n) is 5.49. The molecule has 0 unspecified atom stereocenters. The number of pyridine rings is 1. The maximum atomic E-state index is 12.3. The van der Waals surface area contributed by atoms with Crippen LogP contribution in [0.1, 0.15) is 18.4 Å². The van der Waals surface area contributed by atoms with E-state index in [0.717, 1.165) is 45.5 Å². The lowest BCUT2D eigenvalue weighted by atomic mass is 9.96. The van der Waals surface area contributed by atoms with Crippen LogP contribution in [-0.2, 0) is 16.1 Å². The molecule has 2 saturated heterocycles. The molecule has 3 heterocycles. The zero-order valence-corrected chi connectivity index (χ0v) is 25.8. The molecular formula is C34H33Cl2N5O3. The lowest BCUT2D eigenvalue weighted by Crippen LogP contribution is -2.48. The standard InChI is InChI=1S/C34H33Cl2N5O3/c1-44-34-21(16-38-19-24-13-15-30(42)39-24)10-14-29(41-34)28-7-3-6-27(32(28)36)26-5-2-4-25(31(26)35)20-8-11-23(12-9-20)40-33(43)22-17-37-18-22/h2-12,14,22,24,37-38H,13,15-19H2,1H3,(H,39,42)(H,40,43)/t24-/m0/s1. The number of methoxy groups -OCH3 is 1. The van der Waals surface area contributed by atoms with Crippen molar-refractivity contribution < 1.29 is 14.3 Å². The average Bonchev–Trinajstić information content (AvgIpc) is 3.42. The number of amides is 2. The van der Waals surface area contributed by atoms with Gasteiger partial charge in [0.15, 0.2) is 0 Å². The second kappa shape index (κ2) is 13.4. The summed E-state index contributed by atoms with van der Waals surface area (Å²) >= 11 is 14.0. The number of ether oxygens (including phenoxy) is 1. The summed E-state index contributed by atoms with van der Waals surface area (Å²) in [6, 6.07) is 23.4. The van der Waals surface area contributed by atoms with Crippen molar-refractivity contribution in [2.24, 2.45) is 5.92 Å². The summed E-state index contributed by atoms with van der Waals surface area (Å²) in [4.78, 5) is 28.5. The molecule has 2 aliphatic heterocycles. The lowest BCUT2D eigenvalue weighted by Gasteiger charge is -2.25. The van der Waals surface area contributed by atoms with Gasteiger partial charge in [-0.2, -0.15) is 0 Å². The number of aromatic nitrogens is 1. The van der Waals surface area contributed by atoms with Crippen LogP contribution in [0.15, 0.2) is 72.8 Å². The Morgan fingerprint density at radius 2 is 1.61 bits per heavy atom. The molecule has 4 aromatic rings. The van der Waals surface area contributed by atoms with E-state index in [4.69, 9.17) is 32.9 Å². The van der Waals surface area contributed by atoms with Crippen molar-refractivity contribution in [1.29, 1.82) is 0 Å². The highest BCUT2D eigenvalue weighted by Crippen LogP contribution is 2.42. The fourth-order valence-corrected chi connectivity index (χ4v) is 6.16. The Balaban J connectivity index is 1.21. The number of rotatable bonds is 10. The molecule has 6 rings (SSSR count). The van der Waals surface area contributed by atoms with Crippen molar-refractivity contribution in [3.05, 3.63) is 88.4 Å². The largest absolute Gasteiger partial charge is 0.481 e. The molecule has 0 aliphatic carbocycles. The van der Waals surface area contributed by atoms with Crippen molar-refractivity contribution in [3.8, 4) is 39.4 Å². The molecular weight excluding hydrogens is 597 g/mol. The number of nitrogens with one attached hydrogen (secondary N) is 4. The number of nitrogens with zero attached hydrogens (tertiary/aromatic N) is 1. The van der Waals surface area contributed by atoms with Crippen LogP contribution in [-0.4, -0.2) is 49.6 Å². The first-order chi connectivity index (χ1) is 21.4. The van der Waals surface area contributed by atoms with E-state index in [2.05, 4.69) is 21.3 Å². The van der Waals surface area contributed by atoms with Gasteiger partial charge in [-0.15, -0.1) is 0 Å². The molecule has 2 amide bonds. The summed E-state index contributed by atoms with van der Waals surface area (Å²) in [5, 5.41) is 13.6. The maximum absolute atomic E-state index is 12.3. The third kappa shape index (κ3) is 6.44. The van der Waals surface area contributed by atoms with Gasteiger partial charge in [0.05, 0.1) is 28.8 Å². The highest BCUT2D eigenvalue weighted by atomic mass is 35.5. The minimum Gasteiger partial charge on any atom is -0.481 e. The second-order valence-electron chi connectivity index (χ2n) is 11.1. The molecule has 10 heteroatoms. The van der Waals surface area contributed by atoms with Gasteiger partial charge >= 0.3 is 0 Å². The first-order valence-electron chi connectivity index (χ1n) is 14.6. The first kappa shape index (κ1) is 30.1. The van der Waals surface area contributed by atoms with Crippen LogP contribution in [0.25, 0.3) is 33.5 Å².